The Balaban J connectivity index is 1.37. The average Bonchev–Trinajstić information content (AvgIpc) is 3.40. The molecule has 0 heterocycles. The van der Waals surface area contributed by atoms with Crippen LogP contribution in [0.4, 0.5) is 0 Å². The van der Waals surface area contributed by atoms with Crippen molar-refractivity contribution in [3.8, 4) is 44.5 Å². The molecule has 0 radical (unpaired) electrons. The maximum atomic E-state index is 3.84. The lowest BCUT2D eigenvalue weighted by atomic mass is 9.67. The zero-order valence-electron chi connectivity index (χ0n) is 24.1. The molecule has 7 aromatic carbocycles. The van der Waals surface area contributed by atoms with Crippen molar-refractivity contribution in [2.45, 2.75) is 5.41 Å². The van der Waals surface area contributed by atoms with Crippen molar-refractivity contribution in [2.75, 3.05) is 0 Å². The van der Waals surface area contributed by atoms with Gasteiger partial charge in [-0.1, -0.05) is 180 Å². The molecule has 1 heteroatoms. The molecule has 0 N–H and O–H groups in total. The highest BCUT2D eigenvalue weighted by Crippen LogP contribution is 2.58. The lowest BCUT2D eigenvalue weighted by Gasteiger charge is -2.34. The minimum absolute atomic E-state index is 0.467. The van der Waals surface area contributed by atoms with Crippen molar-refractivity contribution in [1.29, 1.82) is 0 Å². The van der Waals surface area contributed by atoms with Crippen LogP contribution in [0.2, 0.25) is 0 Å². The van der Waals surface area contributed by atoms with E-state index in [-0.39, 0.29) is 0 Å². The molecular weight excluding hydrogens is 596 g/mol. The highest BCUT2D eigenvalue weighted by atomic mass is 79.9. The molecule has 0 amide bonds. The Bertz CT molecular complexity index is 2080. The molecule has 1 unspecified atom stereocenters. The first-order valence-electron chi connectivity index (χ1n) is 15.0. The number of benzene rings is 7. The standard InChI is InChI=1S/C43H29Br/c44-37-27-28-39-41(29-37)43(35-15-8-3-9-16-35,36-25-23-33(24-26-36)31-13-6-2-7-14-31)40-18-10-17-38(42(39)40)34-21-19-32(20-22-34)30-11-4-1-5-12-30/h1-29H. The lowest BCUT2D eigenvalue weighted by Crippen LogP contribution is -2.28. The molecule has 0 fully saturated rings. The predicted octanol–water partition coefficient (Wildman–Crippen LogP) is 11.8. The van der Waals surface area contributed by atoms with Crippen LogP contribution in [0, 0.1) is 0 Å². The number of halogens is 1. The molecule has 7 aromatic rings. The molecule has 208 valence electrons. The van der Waals surface area contributed by atoms with Gasteiger partial charge in [-0.3, -0.25) is 0 Å². The van der Waals surface area contributed by atoms with E-state index >= 15 is 0 Å². The van der Waals surface area contributed by atoms with E-state index in [1.54, 1.807) is 0 Å². The fraction of sp³-hybridized carbons (Fsp3) is 0.0233. The van der Waals surface area contributed by atoms with E-state index in [1.165, 1.54) is 66.8 Å². The number of hydrogen-bond donors (Lipinski definition) is 0. The molecule has 0 nitrogen and oxygen atoms in total. The van der Waals surface area contributed by atoms with Gasteiger partial charge in [0.1, 0.15) is 0 Å². The topological polar surface area (TPSA) is 0 Å². The Hall–Kier alpha value is -4.98. The van der Waals surface area contributed by atoms with Crippen molar-refractivity contribution in [3.05, 3.63) is 203 Å². The summed E-state index contributed by atoms with van der Waals surface area (Å²) >= 11 is 3.84. The summed E-state index contributed by atoms with van der Waals surface area (Å²) in [6.07, 6.45) is 0. The van der Waals surface area contributed by atoms with Crippen molar-refractivity contribution in [1.82, 2.24) is 0 Å². The van der Waals surface area contributed by atoms with Gasteiger partial charge in [0, 0.05) is 4.47 Å². The normalized spacial score (nSPS) is 15.0. The summed E-state index contributed by atoms with van der Waals surface area (Å²) in [5.41, 5.74) is 14.6. The van der Waals surface area contributed by atoms with E-state index in [0.717, 1.165) is 4.47 Å². The minimum atomic E-state index is -0.467. The van der Waals surface area contributed by atoms with Gasteiger partial charge < -0.3 is 0 Å². The molecule has 8 rings (SSSR count). The van der Waals surface area contributed by atoms with Crippen LogP contribution < -0.4 is 0 Å². The van der Waals surface area contributed by atoms with E-state index in [4.69, 9.17) is 0 Å². The number of hydrogen-bond acceptors (Lipinski definition) is 0. The van der Waals surface area contributed by atoms with Gasteiger partial charge in [-0.05, 0) is 78.9 Å². The largest absolute Gasteiger partial charge is 0.0714 e. The lowest BCUT2D eigenvalue weighted by molar-refractivity contribution is 0.768. The van der Waals surface area contributed by atoms with Crippen LogP contribution in [-0.4, -0.2) is 0 Å². The molecular formula is C43H29Br. The SMILES string of the molecule is Brc1ccc2c(c1)C(c1ccccc1)(c1ccc(-c3ccccc3)cc1)c1cccc(-c3ccc(-c4ccccc4)cc3)c1-2. The van der Waals surface area contributed by atoms with Gasteiger partial charge in [0.05, 0.1) is 5.41 Å². The zero-order chi connectivity index (χ0) is 29.5. The summed E-state index contributed by atoms with van der Waals surface area (Å²) in [6, 6.07) is 64.1. The minimum Gasteiger partial charge on any atom is -0.0622 e. The van der Waals surface area contributed by atoms with Crippen LogP contribution in [0.15, 0.2) is 180 Å². The van der Waals surface area contributed by atoms with Crippen molar-refractivity contribution >= 4 is 15.9 Å². The second kappa shape index (κ2) is 10.9. The molecule has 0 aliphatic heterocycles. The Morgan fingerprint density at radius 2 is 0.841 bits per heavy atom. The summed E-state index contributed by atoms with van der Waals surface area (Å²) in [5, 5.41) is 0. The van der Waals surface area contributed by atoms with Crippen LogP contribution in [0.5, 0.6) is 0 Å². The first kappa shape index (κ1) is 26.6. The van der Waals surface area contributed by atoms with Crippen LogP contribution in [0.1, 0.15) is 22.3 Å². The molecule has 0 aromatic heterocycles. The Labute approximate surface area is 267 Å². The summed E-state index contributed by atoms with van der Waals surface area (Å²) in [4.78, 5) is 0. The second-order valence-corrected chi connectivity index (χ2v) is 12.3. The Morgan fingerprint density at radius 1 is 0.341 bits per heavy atom. The third-order valence-electron chi connectivity index (χ3n) is 9.06. The summed E-state index contributed by atoms with van der Waals surface area (Å²) in [6.45, 7) is 0. The molecule has 1 aliphatic rings. The van der Waals surface area contributed by atoms with E-state index in [2.05, 4.69) is 192 Å². The van der Waals surface area contributed by atoms with Gasteiger partial charge >= 0.3 is 0 Å². The summed E-state index contributed by atoms with van der Waals surface area (Å²) in [7, 11) is 0. The summed E-state index contributed by atoms with van der Waals surface area (Å²) < 4.78 is 1.08. The van der Waals surface area contributed by atoms with Crippen LogP contribution >= 0.6 is 15.9 Å². The number of rotatable bonds is 5. The van der Waals surface area contributed by atoms with Gasteiger partial charge in [-0.25, -0.2) is 0 Å². The van der Waals surface area contributed by atoms with Gasteiger partial charge in [-0.15, -0.1) is 0 Å². The van der Waals surface area contributed by atoms with E-state index in [1.807, 2.05) is 0 Å². The van der Waals surface area contributed by atoms with Gasteiger partial charge in [0.25, 0.3) is 0 Å². The predicted molar refractivity (Wildman–Crippen MR) is 188 cm³/mol. The molecule has 1 aliphatic carbocycles. The first-order valence-corrected chi connectivity index (χ1v) is 15.8. The molecule has 0 saturated carbocycles. The van der Waals surface area contributed by atoms with Crippen LogP contribution in [0.25, 0.3) is 44.5 Å². The first-order chi connectivity index (χ1) is 21.7. The smallest absolute Gasteiger partial charge is 0.0622 e. The maximum absolute atomic E-state index is 3.84. The highest BCUT2D eigenvalue weighted by molar-refractivity contribution is 9.10. The maximum Gasteiger partial charge on any atom is 0.0714 e. The third kappa shape index (κ3) is 4.27. The second-order valence-electron chi connectivity index (χ2n) is 11.4. The average molecular weight is 626 g/mol. The molecule has 0 bridgehead atoms. The van der Waals surface area contributed by atoms with Crippen molar-refractivity contribution in [3.63, 3.8) is 0 Å². The van der Waals surface area contributed by atoms with Crippen LogP contribution in [-0.2, 0) is 5.41 Å². The molecule has 1 atom stereocenters. The monoisotopic (exact) mass is 624 g/mol. The van der Waals surface area contributed by atoms with Gasteiger partial charge in [0.15, 0.2) is 0 Å². The molecule has 44 heavy (non-hydrogen) atoms. The fourth-order valence-electron chi connectivity index (χ4n) is 7.08. The van der Waals surface area contributed by atoms with E-state index < -0.39 is 5.41 Å². The van der Waals surface area contributed by atoms with Gasteiger partial charge in [-0.2, -0.15) is 0 Å². The van der Waals surface area contributed by atoms with E-state index in [0.29, 0.717) is 0 Å². The van der Waals surface area contributed by atoms with Crippen molar-refractivity contribution < 1.29 is 0 Å². The van der Waals surface area contributed by atoms with E-state index in [9.17, 15) is 0 Å². The highest BCUT2D eigenvalue weighted by Gasteiger charge is 2.47. The summed E-state index contributed by atoms with van der Waals surface area (Å²) in [5.74, 6) is 0. The van der Waals surface area contributed by atoms with Crippen molar-refractivity contribution in [2.24, 2.45) is 0 Å². The quantitative estimate of drug-likeness (QED) is 0.179. The molecule has 0 saturated heterocycles. The van der Waals surface area contributed by atoms with Crippen LogP contribution in [0.3, 0.4) is 0 Å². The Morgan fingerprint density at radius 3 is 1.45 bits per heavy atom. The molecule has 0 spiro atoms. The fourth-order valence-corrected chi connectivity index (χ4v) is 7.44. The third-order valence-corrected chi connectivity index (χ3v) is 9.55. The number of fused-ring (bicyclic) bond motifs is 3. The van der Waals surface area contributed by atoms with Gasteiger partial charge in [0.2, 0.25) is 0 Å². The Kier molecular flexibility index (Phi) is 6.62. The zero-order valence-corrected chi connectivity index (χ0v) is 25.7.